The molecule has 9 heteroatoms. The number of nitrogens with zero attached hydrogens (tertiary/aromatic N) is 3. The van der Waals surface area contributed by atoms with Crippen LogP contribution >= 0.6 is 0 Å². The van der Waals surface area contributed by atoms with Gasteiger partial charge in [-0.25, -0.2) is 0 Å². The van der Waals surface area contributed by atoms with Crippen molar-refractivity contribution in [2.24, 2.45) is 11.3 Å². The molecule has 6 rings (SSSR count). The SMILES string of the molecule is CNC1CC2(C1)CN(CCC1CCN(c3ccc4c(c3)C(=O)N(C3CCC(=O)NC3=O)C4=O)CC1)C2. The standard InChI is InChI=1S/C27H35N5O4/c1-28-18-13-27(14-18)15-30(16-27)9-6-17-7-10-31(11-8-17)19-2-3-20-21(12-19)26(36)32(25(20)35)22-4-5-23(33)29-24(22)34/h2-3,12,17-18,22,28H,4-11,13-16H2,1H3,(H,29,33,34). The zero-order valence-electron chi connectivity index (χ0n) is 20.9. The normalized spacial score (nSPS) is 26.8. The second-order valence-electron chi connectivity index (χ2n) is 11.5. The van der Waals surface area contributed by atoms with E-state index in [1.165, 1.54) is 38.9 Å². The minimum absolute atomic E-state index is 0.124. The van der Waals surface area contributed by atoms with Crippen molar-refractivity contribution in [3.63, 3.8) is 0 Å². The second kappa shape index (κ2) is 8.95. The van der Waals surface area contributed by atoms with Crippen molar-refractivity contribution >= 4 is 29.3 Å². The number of carbonyl (C=O) groups is 4. The van der Waals surface area contributed by atoms with E-state index < -0.39 is 23.8 Å². The highest BCUT2D eigenvalue weighted by molar-refractivity contribution is 6.23. The molecule has 1 spiro atoms. The number of likely N-dealkylation sites (tertiary alicyclic amines) is 1. The molecule has 36 heavy (non-hydrogen) atoms. The minimum Gasteiger partial charge on any atom is -0.371 e. The molecule has 1 aliphatic carbocycles. The van der Waals surface area contributed by atoms with Crippen molar-refractivity contribution in [3.05, 3.63) is 29.3 Å². The van der Waals surface area contributed by atoms with E-state index in [2.05, 4.69) is 27.5 Å². The fraction of sp³-hybridized carbons (Fsp3) is 0.630. The zero-order valence-corrected chi connectivity index (χ0v) is 20.9. The van der Waals surface area contributed by atoms with Gasteiger partial charge in [0, 0.05) is 44.3 Å². The Labute approximate surface area is 211 Å². The van der Waals surface area contributed by atoms with Crippen molar-refractivity contribution in [1.29, 1.82) is 0 Å². The second-order valence-corrected chi connectivity index (χ2v) is 11.5. The number of benzene rings is 1. The molecule has 0 radical (unpaired) electrons. The number of hydrogen-bond donors (Lipinski definition) is 2. The van der Waals surface area contributed by atoms with E-state index in [-0.39, 0.29) is 18.7 Å². The van der Waals surface area contributed by atoms with E-state index >= 15 is 0 Å². The molecule has 4 aliphatic heterocycles. The van der Waals surface area contributed by atoms with Crippen molar-refractivity contribution in [2.45, 2.75) is 57.0 Å². The number of carbonyl (C=O) groups excluding carboxylic acids is 4. The zero-order chi connectivity index (χ0) is 25.0. The molecule has 4 amide bonds. The summed E-state index contributed by atoms with van der Waals surface area (Å²) >= 11 is 0. The first-order chi connectivity index (χ1) is 17.4. The van der Waals surface area contributed by atoms with Crippen LogP contribution < -0.4 is 15.5 Å². The Kier molecular flexibility index (Phi) is 5.87. The monoisotopic (exact) mass is 493 g/mol. The Morgan fingerprint density at radius 2 is 1.72 bits per heavy atom. The lowest BCUT2D eigenvalue weighted by Crippen LogP contribution is -2.65. The van der Waals surface area contributed by atoms with Crippen molar-refractivity contribution in [3.8, 4) is 0 Å². The van der Waals surface area contributed by atoms with Crippen LogP contribution in [0.15, 0.2) is 18.2 Å². The van der Waals surface area contributed by atoms with Crippen LogP contribution in [0, 0.1) is 11.3 Å². The highest BCUT2D eigenvalue weighted by atomic mass is 16.2. The van der Waals surface area contributed by atoms with E-state index in [1.54, 1.807) is 12.1 Å². The number of nitrogens with one attached hydrogen (secondary N) is 2. The van der Waals surface area contributed by atoms with Gasteiger partial charge in [-0.1, -0.05) is 0 Å². The number of piperidine rings is 2. The Hall–Kier alpha value is -2.78. The quantitative estimate of drug-likeness (QED) is 0.578. The smallest absolute Gasteiger partial charge is 0.262 e. The van der Waals surface area contributed by atoms with Gasteiger partial charge in [0.2, 0.25) is 11.8 Å². The molecule has 9 nitrogen and oxygen atoms in total. The first kappa shape index (κ1) is 23.6. The molecule has 5 aliphatic rings. The van der Waals surface area contributed by atoms with Gasteiger partial charge in [0.1, 0.15) is 6.04 Å². The molecular weight excluding hydrogens is 458 g/mol. The van der Waals surface area contributed by atoms with Gasteiger partial charge in [-0.05, 0) is 81.6 Å². The lowest BCUT2D eigenvalue weighted by molar-refractivity contribution is -0.136. The predicted molar refractivity (Wildman–Crippen MR) is 134 cm³/mol. The summed E-state index contributed by atoms with van der Waals surface area (Å²) in [5, 5.41) is 5.63. The number of anilines is 1. The molecule has 1 atom stereocenters. The topological polar surface area (TPSA) is 102 Å². The van der Waals surface area contributed by atoms with E-state index in [4.69, 9.17) is 0 Å². The number of imide groups is 2. The van der Waals surface area contributed by atoms with Crippen LogP contribution in [0.2, 0.25) is 0 Å². The number of rotatable bonds is 6. The molecule has 1 saturated carbocycles. The molecule has 1 aromatic carbocycles. The molecule has 0 aromatic heterocycles. The number of fused-ring (bicyclic) bond motifs is 1. The van der Waals surface area contributed by atoms with E-state index in [0.717, 1.165) is 48.5 Å². The van der Waals surface area contributed by atoms with Crippen molar-refractivity contribution in [2.75, 3.05) is 44.7 Å². The molecule has 192 valence electrons. The summed E-state index contributed by atoms with van der Waals surface area (Å²) < 4.78 is 0. The summed E-state index contributed by atoms with van der Waals surface area (Å²) in [5.41, 5.74) is 2.25. The summed E-state index contributed by atoms with van der Waals surface area (Å²) in [6, 6.07) is 5.23. The summed E-state index contributed by atoms with van der Waals surface area (Å²) in [6.07, 6.45) is 6.47. The van der Waals surface area contributed by atoms with Gasteiger partial charge < -0.3 is 15.1 Å². The van der Waals surface area contributed by atoms with Crippen LogP contribution in [0.3, 0.4) is 0 Å². The van der Waals surface area contributed by atoms with Crippen LogP contribution in [0.25, 0.3) is 0 Å². The predicted octanol–water partition coefficient (Wildman–Crippen LogP) is 1.38. The molecule has 0 bridgehead atoms. The first-order valence-corrected chi connectivity index (χ1v) is 13.4. The Bertz CT molecular complexity index is 1100. The Morgan fingerprint density at radius 1 is 1.00 bits per heavy atom. The molecule has 2 N–H and O–H groups in total. The summed E-state index contributed by atoms with van der Waals surface area (Å²) in [6.45, 7) is 5.61. The fourth-order valence-electron chi connectivity index (χ4n) is 7.01. The lowest BCUT2D eigenvalue weighted by atomic mass is 9.60. The molecule has 4 heterocycles. The summed E-state index contributed by atoms with van der Waals surface area (Å²) in [4.78, 5) is 55.8. The third-order valence-electron chi connectivity index (χ3n) is 9.14. The molecule has 3 saturated heterocycles. The molecule has 1 unspecified atom stereocenters. The van der Waals surface area contributed by atoms with Gasteiger partial charge in [0.25, 0.3) is 11.8 Å². The fourth-order valence-corrected chi connectivity index (χ4v) is 7.01. The van der Waals surface area contributed by atoms with Crippen LogP contribution in [-0.4, -0.2) is 85.3 Å². The first-order valence-electron chi connectivity index (χ1n) is 13.4. The van der Waals surface area contributed by atoms with Crippen LogP contribution in [0.1, 0.15) is 65.7 Å². The number of hydrogen-bond acceptors (Lipinski definition) is 7. The summed E-state index contributed by atoms with van der Waals surface area (Å²) in [7, 11) is 2.07. The molecule has 1 aromatic rings. The third-order valence-corrected chi connectivity index (χ3v) is 9.14. The van der Waals surface area contributed by atoms with Crippen molar-refractivity contribution in [1.82, 2.24) is 20.4 Å². The Balaban J connectivity index is 1.02. The average Bonchev–Trinajstić information content (AvgIpc) is 3.07. The van der Waals surface area contributed by atoms with Crippen molar-refractivity contribution < 1.29 is 19.2 Å². The third kappa shape index (κ3) is 4.02. The molecule has 4 fully saturated rings. The molecular formula is C27H35N5O4. The van der Waals surface area contributed by atoms with Gasteiger partial charge in [-0.3, -0.25) is 29.4 Å². The van der Waals surface area contributed by atoms with E-state index in [1.807, 2.05) is 6.07 Å². The van der Waals surface area contributed by atoms with E-state index in [9.17, 15) is 19.2 Å². The highest BCUT2D eigenvalue weighted by Crippen LogP contribution is 2.48. The van der Waals surface area contributed by atoms with Gasteiger partial charge in [0.15, 0.2) is 0 Å². The maximum atomic E-state index is 13.1. The highest BCUT2D eigenvalue weighted by Gasteiger charge is 2.51. The lowest BCUT2D eigenvalue weighted by Gasteiger charge is -2.59. The van der Waals surface area contributed by atoms with Gasteiger partial charge in [0.05, 0.1) is 11.1 Å². The van der Waals surface area contributed by atoms with Gasteiger partial charge in [-0.15, -0.1) is 0 Å². The maximum absolute atomic E-state index is 13.1. The average molecular weight is 494 g/mol. The Morgan fingerprint density at radius 3 is 2.42 bits per heavy atom. The van der Waals surface area contributed by atoms with Gasteiger partial charge >= 0.3 is 0 Å². The van der Waals surface area contributed by atoms with Crippen LogP contribution in [-0.2, 0) is 9.59 Å². The summed E-state index contributed by atoms with van der Waals surface area (Å²) in [5.74, 6) is -1.11. The minimum atomic E-state index is -0.926. The van der Waals surface area contributed by atoms with Crippen LogP contribution in [0.4, 0.5) is 5.69 Å². The van der Waals surface area contributed by atoms with E-state index in [0.29, 0.717) is 16.5 Å². The van der Waals surface area contributed by atoms with Gasteiger partial charge in [-0.2, -0.15) is 0 Å². The maximum Gasteiger partial charge on any atom is 0.262 e. The number of amides is 4. The van der Waals surface area contributed by atoms with Crippen LogP contribution in [0.5, 0.6) is 0 Å². The largest absolute Gasteiger partial charge is 0.371 e.